The minimum absolute atomic E-state index is 0.0799. The Hall–Kier alpha value is -0.180. The van der Waals surface area contributed by atoms with Crippen molar-refractivity contribution in [3.05, 3.63) is 0 Å². The molecule has 12 heavy (non-hydrogen) atoms. The summed E-state index contributed by atoms with van der Waals surface area (Å²) in [6.07, 6.45) is -2.21. The van der Waals surface area contributed by atoms with E-state index in [1.807, 2.05) is 18.7 Å². The predicted molar refractivity (Wildman–Crippen MR) is 45.4 cm³/mol. The van der Waals surface area contributed by atoms with Gasteiger partial charge in [-0.2, -0.15) is 0 Å². The highest BCUT2D eigenvalue weighted by atomic mass is 19.3. The summed E-state index contributed by atoms with van der Waals surface area (Å²) in [4.78, 5) is 1.84. The van der Waals surface area contributed by atoms with Crippen LogP contribution in [-0.2, 0) is 0 Å². The van der Waals surface area contributed by atoms with E-state index in [9.17, 15) is 8.78 Å². The van der Waals surface area contributed by atoms with Gasteiger partial charge in [0.15, 0.2) is 0 Å². The summed E-state index contributed by atoms with van der Waals surface area (Å²) < 4.78 is 24.1. The number of hydrogen-bond acceptors (Lipinski definition) is 1. The van der Waals surface area contributed by atoms with Crippen LogP contribution >= 0.6 is 0 Å². The van der Waals surface area contributed by atoms with Crippen LogP contribution in [0, 0.1) is 5.41 Å². The van der Waals surface area contributed by atoms with Gasteiger partial charge in [0.25, 0.3) is 6.43 Å². The van der Waals surface area contributed by atoms with E-state index in [1.165, 1.54) is 0 Å². The fourth-order valence-corrected chi connectivity index (χ4v) is 1.66. The molecule has 0 unspecified atom stereocenters. The van der Waals surface area contributed by atoms with Crippen molar-refractivity contribution in [2.45, 2.75) is 39.7 Å². The standard InChI is InChI=1S/C9H17F2N/c1-8(2)6-12(5-7(10)11)9(8,3)4/h7H,5-6H2,1-4H3. The number of likely N-dealkylation sites (tertiary alicyclic amines) is 1. The molecule has 1 aliphatic rings. The lowest BCUT2D eigenvalue weighted by Gasteiger charge is -2.61. The lowest BCUT2D eigenvalue weighted by molar-refractivity contribution is -0.135. The minimum Gasteiger partial charge on any atom is -0.291 e. The number of halogens is 2. The van der Waals surface area contributed by atoms with Crippen LogP contribution in [-0.4, -0.2) is 30.0 Å². The van der Waals surface area contributed by atoms with Gasteiger partial charge in [-0.05, 0) is 19.3 Å². The topological polar surface area (TPSA) is 3.24 Å². The molecule has 0 N–H and O–H groups in total. The quantitative estimate of drug-likeness (QED) is 0.626. The first-order valence-electron chi connectivity index (χ1n) is 4.30. The molecule has 0 spiro atoms. The van der Waals surface area contributed by atoms with E-state index in [0.29, 0.717) is 0 Å². The van der Waals surface area contributed by atoms with Crippen LogP contribution in [0.1, 0.15) is 27.7 Å². The van der Waals surface area contributed by atoms with Crippen molar-refractivity contribution in [3.8, 4) is 0 Å². The van der Waals surface area contributed by atoms with Crippen molar-refractivity contribution >= 4 is 0 Å². The molecule has 1 rings (SSSR count). The monoisotopic (exact) mass is 177 g/mol. The maximum Gasteiger partial charge on any atom is 0.251 e. The number of alkyl halides is 2. The van der Waals surface area contributed by atoms with Gasteiger partial charge in [-0.3, -0.25) is 4.90 Å². The number of rotatable bonds is 2. The summed E-state index contributed by atoms with van der Waals surface area (Å²) in [5, 5.41) is 0. The van der Waals surface area contributed by atoms with Gasteiger partial charge in [0, 0.05) is 12.1 Å². The third kappa shape index (κ3) is 1.35. The summed E-state index contributed by atoms with van der Waals surface area (Å²) in [5.41, 5.74) is 0.0886. The molecule has 0 aromatic heterocycles. The fourth-order valence-electron chi connectivity index (χ4n) is 1.66. The average Bonchev–Trinajstić information content (AvgIpc) is 1.85. The van der Waals surface area contributed by atoms with E-state index in [-0.39, 0.29) is 17.5 Å². The van der Waals surface area contributed by atoms with Gasteiger partial charge in [-0.15, -0.1) is 0 Å². The van der Waals surface area contributed by atoms with E-state index in [2.05, 4.69) is 13.8 Å². The van der Waals surface area contributed by atoms with E-state index in [4.69, 9.17) is 0 Å². The van der Waals surface area contributed by atoms with Crippen molar-refractivity contribution in [2.24, 2.45) is 5.41 Å². The second-order valence-electron chi connectivity index (χ2n) is 4.71. The Morgan fingerprint density at radius 1 is 1.25 bits per heavy atom. The van der Waals surface area contributed by atoms with E-state index in [1.54, 1.807) is 0 Å². The molecule has 0 saturated carbocycles. The van der Waals surface area contributed by atoms with Crippen molar-refractivity contribution in [3.63, 3.8) is 0 Å². The third-order valence-corrected chi connectivity index (χ3v) is 3.39. The Bertz CT molecular complexity index is 173. The summed E-state index contributed by atoms with van der Waals surface area (Å²) in [6, 6.07) is 0. The minimum atomic E-state index is -2.21. The van der Waals surface area contributed by atoms with Crippen LogP contribution in [0.3, 0.4) is 0 Å². The van der Waals surface area contributed by atoms with Gasteiger partial charge < -0.3 is 0 Å². The molecule has 1 aliphatic heterocycles. The lowest BCUT2D eigenvalue weighted by atomic mass is 9.65. The predicted octanol–water partition coefficient (Wildman–Crippen LogP) is 2.37. The molecule has 0 bridgehead atoms. The Morgan fingerprint density at radius 2 is 1.75 bits per heavy atom. The first kappa shape index (κ1) is 9.90. The van der Waals surface area contributed by atoms with E-state index in [0.717, 1.165) is 6.54 Å². The number of hydrogen-bond donors (Lipinski definition) is 0. The maximum atomic E-state index is 12.1. The largest absolute Gasteiger partial charge is 0.291 e. The van der Waals surface area contributed by atoms with Crippen molar-refractivity contribution in [1.29, 1.82) is 0 Å². The zero-order valence-electron chi connectivity index (χ0n) is 8.19. The van der Waals surface area contributed by atoms with Crippen LogP contribution in [0.4, 0.5) is 8.78 Å². The van der Waals surface area contributed by atoms with E-state index >= 15 is 0 Å². The SMILES string of the molecule is CC1(C)CN(CC(F)F)C1(C)C. The summed E-state index contributed by atoms with van der Waals surface area (Å²) in [6.45, 7) is 8.99. The Morgan fingerprint density at radius 3 is 2.00 bits per heavy atom. The molecule has 0 atom stereocenters. The second-order valence-corrected chi connectivity index (χ2v) is 4.71. The van der Waals surface area contributed by atoms with Crippen LogP contribution in [0.2, 0.25) is 0 Å². The molecule has 1 saturated heterocycles. The summed E-state index contributed by atoms with van der Waals surface area (Å²) >= 11 is 0. The molecule has 1 fully saturated rings. The first-order valence-corrected chi connectivity index (χ1v) is 4.30. The van der Waals surface area contributed by atoms with Gasteiger partial charge in [0.05, 0.1) is 6.54 Å². The highest BCUT2D eigenvalue weighted by Crippen LogP contribution is 2.46. The zero-order valence-corrected chi connectivity index (χ0v) is 8.19. The van der Waals surface area contributed by atoms with Crippen molar-refractivity contribution in [2.75, 3.05) is 13.1 Å². The molecule has 1 heterocycles. The van der Waals surface area contributed by atoms with Crippen molar-refractivity contribution < 1.29 is 8.78 Å². The fraction of sp³-hybridized carbons (Fsp3) is 1.00. The average molecular weight is 177 g/mol. The molecule has 3 heteroatoms. The molecular weight excluding hydrogens is 160 g/mol. The summed E-state index contributed by atoms with van der Waals surface area (Å²) in [7, 11) is 0. The van der Waals surface area contributed by atoms with Gasteiger partial charge in [0.2, 0.25) is 0 Å². The Kier molecular flexibility index (Phi) is 2.19. The molecule has 0 aromatic carbocycles. The lowest BCUT2D eigenvalue weighted by Crippen LogP contribution is -2.69. The van der Waals surface area contributed by atoms with Crippen LogP contribution in [0.5, 0.6) is 0 Å². The van der Waals surface area contributed by atoms with E-state index < -0.39 is 6.43 Å². The van der Waals surface area contributed by atoms with Crippen molar-refractivity contribution in [1.82, 2.24) is 4.90 Å². The first-order chi connectivity index (χ1) is 5.27. The van der Waals surface area contributed by atoms with Gasteiger partial charge >= 0.3 is 0 Å². The normalized spacial score (nSPS) is 27.2. The summed E-state index contributed by atoms with van der Waals surface area (Å²) in [5.74, 6) is 0. The highest BCUT2D eigenvalue weighted by Gasteiger charge is 2.52. The van der Waals surface area contributed by atoms with Crippen LogP contribution < -0.4 is 0 Å². The molecule has 0 amide bonds. The Balaban J connectivity index is 2.54. The van der Waals surface area contributed by atoms with Gasteiger partial charge in [-0.25, -0.2) is 8.78 Å². The molecule has 72 valence electrons. The third-order valence-electron chi connectivity index (χ3n) is 3.39. The number of nitrogens with zero attached hydrogens (tertiary/aromatic N) is 1. The Labute approximate surface area is 72.7 Å². The molecule has 0 radical (unpaired) electrons. The van der Waals surface area contributed by atoms with Gasteiger partial charge in [-0.1, -0.05) is 13.8 Å². The zero-order chi connectivity index (χ0) is 9.57. The highest BCUT2D eigenvalue weighted by molar-refractivity contribution is 5.06. The smallest absolute Gasteiger partial charge is 0.251 e. The second kappa shape index (κ2) is 2.66. The molecule has 1 nitrogen and oxygen atoms in total. The van der Waals surface area contributed by atoms with Crippen LogP contribution in [0.25, 0.3) is 0 Å². The van der Waals surface area contributed by atoms with Gasteiger partial charge in [0.1, 0.15) is 0 Å². The van der Waals surface area contributed by atoms with Crippen LogP contribution in [0.15, 0.2) is 0 Å². The molecule has 0 aromatic rings. The molecular formula is C9H17F2N. The maximum absolute atomic E-state index is 12.1. The molecule has 0 aliphatic carbocycles.